The fourth-order valence-corrected chi connectivity index (χ4v) is 5.62. The average molecular weight is 450 g/mol. The van der Waals surface area contributed by atoms with Gasteiger partial charge in [0.25, 0.3) is 11.6 Å². The molecule has 1 aliphatic heterocycles. The summed E-state index contributed by atoms with van der Waals surface area (Å²) in [6.45, 7) is 0. The van der Waals surface area contributed by atoms with E-state index < -0.39 is 10.3 Å². The van der Waals surface area contributed by atoms with Crippen molar-refractivity contribution < 1.29 is 9.72 Å². The molecule has 1 aliphatic rings. The summed E-state index contributed by atoms with van der Waals surface area (Å²) < 4.78 is 0.812. The van der Waals surface area contributed by atoms with Gasteiger partial charge in [-0.05, 0) is 17.7 Å². The summed E-state index contributed by atoms with van der Waals surface area (Å²) in [6, 6.07) is 18.4. The molecule has 0 saturated carbocycles. The van der Waals surface area contributed by atoms with Crippen molar-refractivity contribution in [2.24, 2.45) is 0 Å². The number of benzene rings is 2. The van der Waals surface area contributed by atoms with E-state index in [-0.39, 0.29) is 17.3 Å². The second-order valence-electron chi connectivity index (χ2n) is 6.77. The molecular weight excluding hydrogens is 434 g/mol. The molecule has 31 heavy (non-hydrogen) atoms. The summed E-state index contributed by atoms with van der Waals surface area (Å²) in [5.74, 6) is 0.550. The van der Waals surface area contributed by atoms with E-state index in [1.54, 1.807) is 18.2 Å². The first-order valence-electron chi connectivity index (χ1n) is 9.35. The van der Waals surface area contributed by atoms with Gasteiger partial charge in [0.1, 0.15) is 11.7 Å². The number of nitro benzene ring substituents is 1. The van der Waals surface area contributed by atoms with Crippen LogP contribution >= 0.6 is 23.1 Å². The quantitative estimate of drug-likeness (QED) is 0.343. The summed E-state index contributed by atoms with van der Waals surface area (Å²) in [4.78, 5) is 33.4. The molecule has 0 spiro atoms. The number of rotatable bonds is 5. The molecule has 8 nitrogen and oxygen atoms in total. The Balaban J connectivity index is 1.52. The molecule has 1 N–H and O–H groups in total. The van der Waals surface area contributed by atoms with E-state index in [1.165, 1.54) is 40.5 Å². The number of nitrogens with zero attached hydrogens (tertiary/aromatic N) is 4. The minimum atomic E-state index is -0.535. The van der Waals surface area contributed by atoms with Crippen molar-refractivity contribution in [2.45, 2.75) is 5.37 Å². The molecule has 1 amide bonds. The highest BCUT2D eigenvalue weighted by Gasteiger charge is 2.37. The molecule has 2 aromatic carbocycles. The van der Waals surface area contributed by atoms with Crippen molar-refractivity contribution in [1.82, 2.24) is 15.0 Å². The Hall–Kier alpha value is -3.50. The van der Waals surface area contributed by atoms with Gasteiger partial charge in [-0.1, -0.05) is 42.5 Å². The molecule has 3 heterocycles. The number of nitrogens with one attached hydrogen (secondary N) is 1. The first-order valence-corrected chi connectivity index (χ1v) is 11.2. The number of amides is 1. The van der Waals surface area contributed by atoms with Gasteiger partial charge in [-0.3, -0.25) is 20.3 Å². The minimum absolute atomic E-state index is 0.0168. The van der Waals surface area contributed by atoms with Crippen LogP contribution in [0.3, 0.4) is 0 Å². The van der Waals surface area contributed by atoms with Crippen molar-refractivity contribution in [2.75, 3.05) is 11.2 Å². The van der Waals surface area contributed by atoms with Gasteiger partial charge in [0.15, 0.2) is 5.82 Å². The molecule has 1 fully saturated rings. The van der Waals surface area contributed by atoms with Gasteiger partial charge < -0.3 is 0 Å². The normalized spacial score (nSPS) is 16.1. The Morgan fingerprint density at radius 2 is 1.87 bits per heavy atom. The van der Waals surface area contributed by atoms with Crippen molar-refractivity contribution >= 4 is 50.7 Å². The summed E-state index contributed by atoms with van der Waals surface area (Å²) in [6.07, 6.45) is 1.44. The molecule has 5 rings (SSSR count). The number of fused-ring (bicyclic) bond motifs is 1. The third-order valence-corrected chi connectivity index (χ3v) is 7.24. The van der Waals surface area contributed by atoms with Crippen molar-refractivity contribution in [3.05, 3.63) is 82.7 Å². The predicted octanol–water partition coefficient (Wildman–Crippen LogP) is 4.87. The smallest absolute Gasteiger partial charge is 0.275 e. The zero-order valence-electron chi connectivity index (χ0n) is 16.0. The highest BCUT2D eigenvalue weighted by molar-refractivity contribution is 8.00. The molecule has 1 atom stereocenters. The fraction of sp³-hybridized carbons (Fsp3) is 0.0952. The summed E-state index contributed by atoms with van der Waals surface area (Å²) >= 11 is 2.87. The number of para-hydroxylation sites is 1. The number of anilines is 1. The first kappa shape index (κ1) is 19.5. The van der Waals surface area contributed by atoms with Gasteiger partial charge in [-0.2, -0.15) is 0 Å². The summed E-state index contributed by atoms with van der Waals surface area (Å²) in [7, 11) is 0. The maximum Gasteiger partial charge on any atom is 0.275 e. The Kier molecular flexibility index (Phi) is 5.00. The lowest BCUT2D eigenvalue weighted by atomic mass is 10.1. The highest BCUT2D eigenvalue weighted by Crippen LogP contribution is 2.43. The first-order chi connectivity index (χ1) is 15.1. The Labute approximate surface area is 185 Å². The van der Waals surface area contributed by atoms with E-state index in [9.17, 15) is 14.9 Å². The van der Waals surface area contributed by atoms with Crippen LogP contribution in [0.2, 0.25) is 0 Å². The molecule has 1 saturated heterocycles. The Bertz CT molecular complexity index is 1290. The minimum Gasteiger partial charge on any atom is -0.277 e. The van der Waals surface area contributed by atoms with E-state index in [4.69, 9.17) is 0 Å². The lowest BCUT2D eigenvalue weighted by molar-refractivity contribution is -0.385. The highest BCUT2D eigenvalue weighted by atomic mass is 32.2. The van der Waals surface area contributed by atoms with Crippen LogP contribution in [-0.2, 0) is 4.79 Å². The van der Waals surface area contributed by atoms with Crippen molar-refractivity contribution in [3.63, 3.8) is 0 Å². The van der Waals surface area contributed by atoms with Gasteiger partial charge in [0, 0.05) is 10.9 Å². The SMILES string of the molecule is O=C1CSC(c2ccccc2[N+](=O)[O-])N1Nc1ncnc2cc(-c3ccccc3)sc12. The van der Waals surface area contributed by atoms with Gasteiger partial charge in [-0.15, -0.1) is 23.1 Å². The third kappa shape index (κ3) is 3.60. The number of carbonyl (C=O) groups excluding carboxylic acids is 1. The van der Waals surface area contributed by atoms with Crippen molar-refractivity contribution in [3.8, 4) is 10.4 Å². The van der Waals surface area contributed by atoms with Crippen LogP contribution < -0.4 is 5.43 Å². The summed E-state index contributed by atoms with van der Waals surface area (Å²) in [5.41, 5.74) is 5.40. The number of thiophene rings is 1. The number of hydrogen-bond donors (Lipinski definition) is 1. The van der Waals surface area contributed by atoms with Gasteiger partial charge in [-0.25, -0.2) is 15.0 Å². The van der Waals surface area contributed by atoms with Crippen LogP contribution in [-0.4, -0.2) is 31.6 Å². The third-order valence-electron chi connectivity index (χ3n) is 4.86. The standard InChI is InChI=1S/C21H15N5O3S2/c27-18-11-30-21(14-8-4-5-9-16(14)26(28)29)25(18)24-20-19-15(22-12-23-20)10-17(31-19)13-6-2-1-3-7-13/h1-10,12,21H,11H2,(H,22,23,24). The molecule has 1 unspecified atom stereocenters. The predicted molar refractivity (Wildman–Crippen MR) is 122 cm³/mol. The Morgan fingerprint density at radius 1 is 1.10 bits per heavy atom. The van der Waals surface area contributed by atoms with E-state index >= 15 is 0 Å². The summed E-state index contributed by atoms with van der Waals surface area (Å²) in [5, 5.41) is 12.4. The number of hydrazine groups is 1. The number of carbonyl (C=O) groups is 1. The monoisotopic (exact) mass is 449 g/mol. The molecule has 4 aromatic rings. The van der Waals surface area contributed by atoms with Crippen LogP contribution in [0, 0.1) is 10.1 Å². The lowest BCUT2D eigenvalue weighted by Crippen LogP contribution is -2.34. The Morgan fingerprint density at radius 3 is 2.68 bits per heavy atom. The molecular formula is C21H15N5O3S2. The second-order valence-corrected chi connectivity index (χ2v) is 8.89. The second kappa shape index (κ2) is 7.97. The molecule has 0 bridgehead atoms. The zero-order chi connectivity index (χ0) is 21.4. The molecule has 0 radical (unpaired) electrons. The molecule has 2 aromatic heterocycles. The average Bonchev–Trinajstić information content (AvgIpc) is 3.39. The topological polar surface area (TPSA) is 101 Å². The van der Waals surface area contributed by atoms with E-state index in [0.717, 1.165) is 20.7 Å². The maximum atomic E-state index is 12.6. The molecule has 10 heteroatoms. The van der Waals surface area contributed by atoms with Gasteiger partial charge in [0.05, 0.1) is 26.5 Å². The van der Waals surface area contributed by atoms with Crippen LogP contribution in [0.25, 0.3) is 20.7 Å². The molecule has 154 valence electrons. The van der Waals surface area contributed by atoms with Crippen LogP contribution in [0.1, 0.15) is 10.9 Å². The number of hydrogen-bond acceptors (Lipinski definition) is 8. The van der Waals surface area contributed by atoms with Gasteiger partial charge in [0.2, 0.25) is 0 Å². The lowest BCUT2D eigenvalue weighted by Gasteiger charge is -2.25. The van der Waals surface area contributed by atoms with Gasteiger partial charge >= 0.3 is 0 Å². The maximum absolute atomic E-state index is 12.6. The number of aromatic nitrogens is 2. The number of nitro groups is 1. The van der Waals surface area contributed by atoms with E-state index in [2.05, 4.69) is 15.4 Å². The van der Waals surface area contributed by atoms with E-state index in [0.29, 0.717) is 11.4 Å². The zero-order valence-corrected chi connectivity index (χ0v) is 17.6. The molecule has 0 aliphatic carbocycles. The largest absolute Gasteiger partial charge is 0.277 e. The van der Waals surface area contributed by atoms with Crippen LogP contribution in [0.15, 0.2) is 67.0 Å². The number of thioether (sulfide) groups is 1. The fourth-order valence-electron chi connectivity index (χ4n) is 3.43. The van der Waals surface area contributed by atoms with Crippen molar-refractivity contribution in [1.29, 1.82) is 0 Å². The van der Waals surface area contributed by atoms with Crippen LogP contribution in [0.5, 0.6) is 0 Å². The van der Waals surface area contributed by atoms with Crippen LogP contribution in [0.4, 0.5) is 11.5 Å². The van der Waals surface area contributed by atoms with E-state index in [1.807, 2.05) is 36.4 Å².